The van der Waals surface area contributed by atoms with Crippen LogP contribution in [0.1, 0.15) is 19.1 Å². The Hall–Kier alpha value is -1.66. The molecule has 0 saturated carbocycles. The average molecular weight is 239 g/mol. The van der Waals surface area contributed by atoms with Crippen molar-refractivity contribution in [1.29, 1.82) is 0 Å². The lowest BCUT2D eigenvalue weighted by Crippen LogP contribution is -2.27. The van der Waals surface area contributed by atoms with Crippen LogP contribution < -0.4 is 11.4 Å². The van der Waals surface area contributed by atoms with Crippen molar-refractivity contribution in [3.8, 4) is 0 Å². The van der Waals surface area contributed by atoms with E-state index in [0.717, 1.165) is 4.57 Å². The molecule has 1 rings (SSSR count). The van der Waals surface area contributed by atoms with Crippen molar-refractivity contribution in [1.82, 2.24) is 9.55 Å². The van der Waals surface area contributed by atoms with E-state index < -0.39 is 11.9 Å². The number of nitrogen functional groups attached to an aromatic ring is 1. The van der Waals surface area contributed by atoms with Gasteiger partial charge in [-0.3, -0.25) is 4.57 Å². The summed E-state index contributed by atoms with van der Waals surface area (Å²) in [5.41, 5.74) is 4.75. The second kappa shape index (κ2) is 6.17. The topological polar surface area (TPSA) is 101 Å². The fourth-order valence-electron chi connectivity index (χ4n) is 1.44. The number of rotatable bonds is 6. The Kier molecular flexibility index (Phi) is 4.86. The molecule has 0 aliphatic heterocycles. The molecule has 4 N–H and O–H groups in total. The molecule has 0 amide bonds. The minimum absolute atomic E-state index is 0.0227. The van der Waals surface area contributed by atoms with Crippen molar-refractivity contribution in [2.45, 2.75) is 19.1 Å². The molecular formula is C11H17N3O3. The molecule has 17 heavy (non-hydrogen) atoms. The quantitative estimate of drug-likeness (QED) is 0.601. The smallest absolute Gasteiger partial charge is 0.351 e. The molecule has 0 fully saturated rings. The normalized spacial score (nSPS) is 14.2. The highest BCUT2D eigenvalue weighted by Crippen LogP contribution is 2.14. The van der Waals surface area contributed by atoms with Gasteiger partial charge in [-0.15, -0.1) is 6.58 Å². The molecule has 0 aliphatic carbocycles. The van der Waals surface area contributed by atoms with Crippen LogP contribution >= 0.6 is 0 Å². The van der Waals surface area contributed by atoms with Crippen LogP contribution in [-0.4, -0.2) is 26.4 Å². The number of aromatic nitrogens is 2. The van der Waals surface area contributed by atoms with Crippen LogP contribution in [0.2, 0.25) is 0 Å². The van der Waals surface area contributed by atoms with Gasteiger partial charge in [0.25, 0.3) is 0 Å². The Morgan fingerprint density at radius 3 is 2.82 bits per heavy atom. The zero-order valence-electron chi connectivity index (χ0n) is 9.49. The van der Waals surface area contributed by atoms with Gasteiger partial charge in [0, 0.05) is 12.8 Å². The zero-order valence-corrected chi connectivity index (χ0v) is 9.49. The Morgan fingerprint density at radius 1 is 1.59 bits per heavy atom. The highest BCUT2D eigenvalue weighted by atomic mass is 16.3. The molecule has 1 aromatic rings. The Labute approximate surface area is 99.0 Å². The highest BCUT2D eigenvalue weighted by molar-refractivity contribution is 5.23. The Bertz CT molecular complexity index is 430. The van der Waals surface area contributed by atoms with E-state index in [0.29, 0.717) is 12.8 Å². The lowest BCUT2D eigenvalue weighted by atomic mass is 10.0. The van der Waals surface area contributed by atoms with Gasteiger partial charge in [0.15, 0.2) is 0 Å². The Morgan fingerprint density at radius 2 is 2.29 bits per heavy atom. The number of aliphatic hydroxyl groups is 2. The number of nitrogens with two attached hydrogens (primary N) is 1. The highest BCUT2D eigenvalue weighted by Gasteiger charge is 2.11. The second-order valence-electron chi connectivity index (χ2n) is 3.78. The van der Waals surface area contributed by atoms with Crippen LogP contribution in [0, 0.1) is 5.92 Å². The molecule has 0 saturated heterocycles. The summed E-state index contributed by atoms with van der Waals surface area (Å²) in [6.45, 7) is 3.55. The zero-order chi connectivity index (χ0) is 12.8. The van der Waals surface area contributed by atoms with Crippen LogP contribution in [0.4, 0.5) is 5.82 Å². The number of aliphatic hydroxyl groups excluding tert-OH is 2. The van der Waals surface area contributed by atoms with Gasteiger partial charge in [-0.2, -0.15) is 4.98 Å². The Balaban J connectivity index is 2.66. The maximum absolute atomic E-state index is 11.4. The fourth-order valence-corrected chi connectivity index (χ4v) is 1.44. The van der Waals surface area contributed by atoms with E-state index >= 15 is 0 Å². The first-order valence-corrected chi connectivity index (χ1v) is 5.34. The van der Waals surface area contributed by atoms with Crippen molar-refractivity contribution in [3.05, 3.63) is 35.4 Å². The van der Waals surface area contributed by atoms with Gasteiger partial charge < -0.3 is 15.9 Å². The molecule has 1 aromatic heterocycles. The molecule has 1 heterocycles. The summed E-state index contributed by atoms with van der Waals surface area (Å²) >= 11 is 0. The first-order valence-electron chi connectivity index (χ1n) is 5.34. The summed E-state index contributed by atoms with van der Waals surface area (Å²) in [6, 6.07) is 1.45. The van der Waals surface area contributed by atoms with E-state index in [1.807, 2.05) is 0 Å². The van der Waals surface area contributed by atoms with Gasteiger partial charge in [-0.05, 0) is 24.8 Å². The van der Waals surface area contributed by atoms with E-state index in [1.165, 1.54) is 12.3 Å². The second-order valence-corrected chi connectivity index (χ2v) is 3.78. The average Bonchev–Trinajstić information content (AvgIpc) is 2.30. The molecule has 0 spiro atoms. The molecule has 2 atom stereocenters. The van der Waals surface area contributed by atoms with Crippen molar-refractivity contribution >= 4 is 5.82 Å². The lowest BCUT2D eigenvalue weighted by Gasteiger charge is -2.15. The molecule has 0 radical (unpaired) electrons. The summed E-state index contributed by atoms with van der Waals surface area (Å²) in [5.74, 6) is 0.0415. The molecule has 2 unspecified atom stereocenters. The third-order valence-electron chi connectivity index (χ3n) is 2.54. The number of nitrogens with zero attached hydrogens (tertiary/aromatic N) is 2. The molecule has 0 bridgehead atoms. The van der Waals surface area contributed by atoms with E-state index in [1.54, 1.807) is 6.08 Å². The van der Waals surface area contributed by atoms with E-state index in [2.05, 4.69) is 11.6 Å². The summed E-state index contributed by atoms with van der Waals surface area (Å²) in [4.78, 5) is 14.9. The van der Waals surface area contributed by atoms with Crippen LogP contribution in [0.15, 0.2) is 29.7 Å². The van der Waals surface area contributed by atoms with Crippen molar-refractivity contribution in [2.75, 3.05) is 12.3 Å². The fraction of sp³-hybridized carbons (Fsp3) is 0.455. The monoisotopic (exact) mass is 239 g/mol. The van der Waals surface area contributed by atoms with Crippen LogP contribution in [0.5, 0.6) is 0 Å². The molecule has 6 nitrogen and oxygen atoms in total. The maximum atomic E-state index is 11.4. The minimum Gasteiger partial charge on any atom is -0.396 e. The van der Waals surface area contributed by atoms with Crippen molar-refractivity contribution in [2.24, 2.45) is 5.92 Å². The van der Waals surface area contributed by atoms with Gasteiger partial charge in [0.05, 0.1) is 0 Å². The van der Waals surface area contributed by atoms with Gasteiger partial charge in [-0.1, -0.05) is 6.08 Å². The minimum atomic E-state index is -0.968. The van der Waals surface area contributed by atoms with Crippen molar-refractivity contribution in [3.63, 3.8) is 0 Å². The largest absolute Gasteiger partial charge is 0.396 e. The van der Waals surface area contributed by atoms with E-state index in [-0.39, 0.29) is 18.3 Å². The molecule has 6 heteroatoms. The third-order valence-corrected chi connectivity index (χ3v) is 2.54. The van der Waals surface area contributed by atoms with Gasteiger partial charge in [-0.25, -0.2) is 4.79 Å². The first kappa shape index (κ1) is 13.4. The van der Waals surface area contributed by atoms with Gasteiger partial charge >= 0.3 is 5.69 Å². The van der Waals surface area contributed by atoms with Crippen LogP contribution in [0.25, 0.3) is 0 Å². The standard InChI is InChI=1S/C11H17N3O3/c1-2-8(7-15)3-4-10(16)14-6-5-9(12)13-11(14)17/h2,5-6,8,10,15-16H,1,3-4,7H2,(H2,12,13,17). The summed E-state index contributed by atoms with van der Waals surface area (Å²) in [7, 11) is 0. The summed E-state index contributed by atoms with van der Waals surface area (Å²) in [6.07, 6.45) is 2.93. The third kappa shape index (κ3) is 3.69. The van der Waals surface area contributed by atoms with E-state index in [4.69, 9.17) is 10.8 Å². The molecule has 94 valence electrons. The van der Waals surface area contributed by atoms with Crippen molar-refractivity contribution < 1.29 is 10.2 Å². The first-order chi connectivity index (χ1) is 8.08. The summed E-state index contributed by atoms with van der Waals surface area (Å²) in [5, 5.41) is 18.7. The summed E-state index contributed by atoms with van der Waals surface area (Å²) < 4.78 is 1.11. The van der Waals surface area contributed by atoms with Crippen LogP contribution in [-0.2, 0) is 0 Å². The van der Waals surface area contributed by atoms with Gasteiger partial charge in [0.2, 0.25) is 0 Å². The predicted octanol–water partition coefficient (Wildman–Crippen LogP) is -0.109. The SMILES string of the molecule is C=CC(CO)CCC(O)n1ccc(N)nc1=O. The maximum Gasteiger partial charge on any atom is 0.351 e. The number of anilines is 1. The molecule has 0 aromatic carbocycles. The molecular weight excluding hydrogens is 222 g/mol. The van der Waals surface area contributed by atoms with Crippen LogP contribution in [0.3, 0.4) is 0 Å². The number of hydrogen-bond donors (Lipinski definition) is 3. The molecule has 0 aliphatic rings. The predicted molar refractivity (Wildman–Crippen MR) is 64.2 cm³/mol. The van der Waals surface area contributed by atoms with E-state index in [9.17, 15) is 9.90 Å². The van der Waals surface area contributed by atoms with Gasteiger partial charge in [0.1, 0.15) is 12.0 Å². The lowest BCUT2D eigenvalue weighted by molar-refractivity contribution is 0.0802. The number of hydrogen-bond acceptors (Lipinski definition) is 5.